The Morgan fingerprint density at radius 1 is 0.739 bits per heavy atom. The average Bonchev–Trinajstić information content (AvgIpc) is 3.07. The number of benzene rings is 5. The summed E-state index contributed by atoms with van der Waals surface area (Å²) < 4.78 is 14.5. The molecular formula is C36H26Cl2FN3O3S. The zero-order chi connectivity index (χ0) is 32.5. The Balaban J connectivity index is 1.34. The van der Waals surface area contributed by atoms with Crippen LogP contribution < -0.4 is 16.0 Å². The summed E-state index contributed by atoms with van der Waals surface area (Å²) in [4.78, 5) is 40.5. The number of rotatable bonds is 10. The maximum Gasteiger partial charge on any atom is 0.272 e. The molecule has 5 rings (SSSR count). The van der Waals surface area contributed by atoms with Gasteiger partial charge in [-0.15, -0.1) is 11.8 Å². The van der Waals surface area contributed by atoms with Crippen LogP contribution in [0.25, 0.3) is 6.08 Å². The summed E-state index contributed by atoms with van der Waals surface area (Å²) in [6.07, 6.45) is 1.28. The third-order valence-corrected chi connectivity index (χ3v) is 8.46. The van der Waals surface area contributed by atoms with Crippen molar-refractivity contribution in [3.05, 3.63) is 166 Å². The van der Waals surface area contributed by atoms with Crippen molar-refractivity contribution in [3.63, 3.8) is 0 Å². The number of anilines is 2. The monoisotopic (exact) mass is 669 g/mol. The minimum absolute atomic E-state index is 0.136. The Hall–Kier alpha value is -4.89. The van der Waals surface area contributed by atoms with E-state index in [0.29, 0.717) is 27.0 Å². The second-order valence-corrected chi connectivity index (χ2v) is 11.9. The van der Waals surface area contributed by atoms with E-state index in [9.17, 15) is 18.8 Å². The minimum Gasteiger partial charge on any atom is -0.323 e. The van der Waals surface area contributed by atoms with Gasteiger partial charge in [-0.3, -0.25) is 14.4 Å². The van der Waals surface area contributed by atoms with Gasteiger partial charge in [-0.2, -0.15) is 0 Å². The SMILES string of the molecule is O=C(Nc1ccc(SC(C(=O)Nc2cc(Cl)ccc2Cl)c2ccccc2)cc1)/C(=C/c1ccccc1F)NC(=O)c1ccccc1. The molecule has 46 heavy (non-hydrogen) atoms. The first-order valence-corrected chi connectivity index (χ1v) is 15.6. The summed E-state index contributed by atoms with van der Waals surface area (Å²) >= 11 is 13.7. The lowest BCUT2D eigenvalue weighted by Gasteiger charge is -2.18. The summed E-state index contributed by atoms with van der Waals surface area (Å²) in [6, 6.07) is 35.3. The van der Waals surface area contributed by atoms with Gasteiger partial charge in [0.2, 0.25) is 5.91 Å². The number of hydrogen-bond donors (Lipinski definition) is 3. The molecule has 230 valence electrons. The molecule has 0 saturated heterocycles. The van der Waals surface area contributed by atoms with E-state index in [4.69, 9.17) is 23.2 Å². The minimum atomic E-state index is -0.645. The van der Waals surface area contributed by atoms with Crippen molar-refractivity contribution >= 4 is 70.1 Å². The maximum absolute atomic E-state index is 14.5. The summed E-state index contributed by atoms with van der Waals surface area (Å²) in [5.74, 6) is -2.00. The number of carbonyl (C=O) groups is 3. The standard InChI is InChI=1S/C36H26Cl2FN3O3S/c37-26-15-20-29(38)31(22-26)41-36(45)33(23-9-3-1-4-10-23)46-28-18-16-27(17-19-28)40-35(44)32(21-25-13-7-8-14-30(25)39)42-34(43)24-11-5-2-6-12-24/h1-22,33H,(H,40,44)(H,41,45)(H,42,43)/b32-21-. The lowest BCUT2D eigenvalue weighted by Crippen LogP contribution is -2.30. The first-order chi connectivity index (χ1) is 22.3. The molecule has 0 radical (unpaired) electrons. The molecule has 3 amide bonds. The van der Waals surface area contributed by atoms with Gasteiger partial charge in [-0.05, 0) is 72.3 Å². The molecule has 0 bridgehead atoms. The topological polar surface area (TPSA) is 87.3 Å². The molecule has 0 aromatic heterocycles. The second kappa shape index (κ2) is 15.4. The van der Waals surface area contributed by atoms with E-state index in [-0.39, 0.29) is 17.2 Å². The maximum atomic E-state index is 14.5. The van der Waals surface area contributed by atoms with Crippen molar-refractivity contribution in [3.8, 4) is 0 Å². The van der Waals surface area contributed by atoms with Crippen LogP contribution in [0.2, 0.25) is 10.0 Å². The molecular weight excluding hydrogens is 644 g/mol. The normalized spacial score (nSPS) is 11.8. The highest BCUT2D eigenvalue weighted by Crippen LogP contribution is 2.37. The van der Waals surface area contributed by atoms with E-state index >= 15 is 0 Å². The third kappa shape index (κ3) is 8.63. The smallest absolute Gasteiger partial charge is 0.272 e. The van der Waals surface area contributed by atoms with Crippen molar-refractivity contribution in [1.82, 2.24) is 5.32 Å². The highest BCUT2D eigenvalue weighted by Gasteiger charge is 2.23. The van der Waals surface area contributed by atoms with Crippen molar-refractivity contribution < 1.29 is 18.8 Å². The molecule has 0 aliphatic heterocycles. The fourth-order valence-electron chi connectivity index (χ4n) is 4.33. The largest absolute Gasteiger partial charge is 0.323 e. The van der Waals surface area contributed by atoms with Gasteiger partial charge in [0, 0.05) is 26.7 Å². The Bertz CT molecular complexity index is 1890. The molecule has 5 aromatic rings. The van der Waals surface area contributed by atoms with Crippen LogP contribution in [0.4, 0.5) is 15.8 Å². The fraction of sp³-hybridized carbons (Fsp3) is 0.0278. The Kier molecular flexibility index (Phi) is 10.9. The highest BCUT2D eigenvalue weighted by molar-refractivity contribution is 8.00. The second-order valence-electron chi connectivity index (χ2n) is 9.90. The van der Waals surface area contributed by atoms with E-state index in [2.05, 4.69) is 16.0 Å². The summed E-state index contributed by atoms with van der Waals surface area (Å²) in [6.45, 7) is 0. The van der Waals surface area contributed by atoms with Gasteiger partial charge in [-0.1, -0.05) is 89.9 Å². The highest BCUT2D eigenvalue weighted by atomic mass is 35.5. The Morgan fingerprint density at radius 2 is 1.39 bits per heavy atom. The van der Waals surface area contributed by atoms with Crippen LogP contribution in [-0.2, 0) is 9.59 Å². The zero-order valence-electron chi connectivity index (χ0n) is 24.0. The van der Waals surface area contributed by atoms with E-state index in [1.807, 2.05) is 30.3 Å². The van der Waals surface area contributed by atoms with E-state index in [1.165, 1.54) is 36.0 Å². The molecule has 0 saturated carbocycles. The van der Waals surface area contributed by atoms with E-state index in [0.717, 1.165) is 10.5 Å². The predicted molar refractivity (Wildman–Crippen MR) is 183 cm³/mol. The summed E-state index contributed by atoms with van der Waals surface area (Å²) in [7, 11) is 0. The number of hydrogen-bond acceptors (Lipinski definition) is 4. The molecule has 0 aliphatic rings. The lowest BCUT2D eigenvalue weighted by atomic mass is 10.1. The van der Waals surface area contributed by atoms with Crippen LogP contribution in [0.1, 0.15) is 26.7 Å². The quantitative estimate of drug-likeness (QED) is 0.102. The van der Waals surface area contributed by atoms with Gasteiger partial charge in [0.25, 0.3) is 11.8 Å². The van der Waals surface area contributed by atoms with Crippen molar-refractivity contribution in [2.45, 2.75) is 10.1 Å². The molecule has 3 N–H and O–H groups in total. The van der Waals surface area contributed by atoms with E-state index in [1.54, 1.807) is 78.9 Å². The molecule has 0 aliphatic carbocycles. The van der Waals surface area contributed by atoms with Crippen LogP contribution in [0.5, 0.6) is 0 Å². The first kappa shape index (κ1) is 32.5. The number of thioether (sulfide) groups is 1. The van der Waals surface area contributed by atoms with Crippen molar-refractivity contribution in [2.24, 2.45) is 0 Å². The van der Waals surface area contributed by atoms with Crippen LogP contribution in [0.15, 0.2) is 138 Å². The van der Waals surface area contributed by atoms with Gasteiger partial charge < -0.3 is 16.0 Å². The first-order valence-electron chi connectivity index (χ1n) is 14.0. The number of nitrogens with one attached hydrogen (secondary N) is 3. The number of halogens is 3. The number of amides is 3. The van der Waals surface area contributed by atoms with Crippen molar-refractivity contribution in [2.75, 3.05) is 10.6 Å². The van der Waals surface area contributed by atoms with Gasteiger partial charge in [0.05, 0.1) is 10.7 Å². The average molecular weight is 671 g/mol. The van der Waals surface area contributed by atoms with Gasteiger partial charge >= 0.3 is 0 Å². The van der Waals surface area contributed by atoms with Gasteiger partial charge in [0.1, 0.15) is 16.8 Å². The summed E-state index contributed by atoms with van der Waals surface area (Å²) in [5, 5.41) is 8.39. The van der Waals surface area contributed by atoms with Gasteiger partial charge in [-0.25, -0.2) is 4.39 Å². The van der Waals surface area contributed by atoms with Crippen LogP contribution in [0, 0.1) is 5.82 Å². The molecule has 0 spiro atoms. The molecule has 10 heteroatoms. The lowest BCUT2D eigenvalue weighted by molar-refractivity contribution is -0.116. The van der Waals surface area contributed by atoms with Crippen LogP contribution in [0.3, 0.4) is 0 Å². The summed E-state index contributed by atoms with van der Waals surface area (Å²) in [5.41, 5.74) is 1.94. The third-order valence-electron chi connectivity index (χ3n) is 6.63. The molecule has 1 atom stereocenters. The van der Waals surface area contributed by atoms with Crippen LogP contribution >= 0.6 is 35.0 Å². The van der Waals surface area contributed by atoms with Crippen LogP contribution in [-0.4, -0.2) is 17.7 Å². The Morgan fingerprint density at radius 3 is 2.09 bits per heavy atom. The number of carbonyl (C=O) groups excluding carboxylic acids is 3. The molecule has 5 aromatic carbocycles. The predicted octanol–water partition coefficient (Wildman–Crippen LogP) is 9.01. The van der Waals surface area contributed by atoms with Crippen molar-refractivity contribution in [1.29, 1.82) is 0 Å². The fourth-order valence-corrected chi connectivity index (χ4v) is 5.70. The molecule has 6 nitrogen and oxygen atoms in total. The Labute approximate surface area is 279 Å². The molecule has 1 unspecified atom stereocenters. The van der Waals surface area contributed by atoms with E-state index < -0.39 is 22.9 Å². The van der Waals surface area contributed by atoms with Gasteiger partial charge in [0.15, 0.2) is 0 Å². The molecule has 0 fully saturated rings. The zero-order valence-corrected chi connectivity index (χ0v) is 26.4. The molecule has 0 heterocycles.